The molecule has 1 aliphatic heterocycles. The number of piperidine rings is 1. The molecule has 0 aliphatic carbocycles. The normalized spacial score (nSPS) is 18.7. The molecule has 1 fully saturated rings. The van der Waals surface area contributed by atoms with Gasteiger partial charge in [-0.2, -0.15) is 5.10 Å². The number of carbonyl (C=O) groups is 1. The zero-order valence-corrected chi connectivity index (χ0v) is 13.6. The molecular formula is C18H24N4O. The van der Waals surface area contributed by atoms with E-state index in [1.165, 1.54) is 5.56 Å². The number of benzene rings is 1. The second-order valence-corrected chi connectivity index (χ2v) is 6.23. The Morgan fingerprint density at radius 2 is 2.13 bits per heavy atom. The second-order valence-electron chi connectivity index (χ2n) is 6.23. The minimum Gasteiger partial charge on any atom is -0.340 e. The van der Waals surface area contributed by atoms with Crippen LogP contribution in [0.3, 0.4) is 0 Å². The van der Waals surface area contributed by atoms with Gasteiger partial charge in [0.05, 0.1) is 0 Å². The Kier molecular flexibility index (Phi) is 5.08. The van der Waals surface area contributed by atoms with Gasteiger partial charge in [0.15, 0.2) is 0 Å². The number of rotatable bonds is 5. The number of likely N-dealkylation sites (tertiary alicyclic amines) is 1. The zero-order valence-electron chi connectivity index (χ0n) is 13.6. The summed E-state index contributed by atoms with van der Waals surface area (Å²) in [6.07, 6.45) is 5.74. The summed E-state index contributed by atoms with van der Waals surface area (Å²) < 4.78 is 1.68. The molecule has 0 bridgehead atoms. The smallest absolute Gasteiger partial charge is 0.244 e. The maximum atomic E-state index is 12.4. The van der Waals surface area contributed by atoms with E-state index in [9.17, 15) is 4.79 Å². The highest BCUT2D eigenvalue weighted by Gasteiger charge is 2.26. The predicted octanol–water partition coefficient (Wildman–Crippen LogP) is 2.01. The maximum Gasteiger partial charge on any atom is 0.244 e. The van der Waals surface area contributed by atoms with Crippen LogP contribution in [-0.4, -0.2) is 51.7 Å². The average molecular weight is 312 g/mol. The third-order valence-corrected chi connectivity index (χ3v) is 4.53. The molecule has 5 heteroatoms. The van der Waals surface area contributed by atoms with Crippen LogP contribution in [0.25, 0.3) is 0 Å². The van der Waals surface area contributed by atoms with Crippen LogP contribution in [0.5, 0.6) is 0 Å². The molecule has 1 unspecified atom stereocenters. The Morgan fingerprint density at radius 1 is 1.30 bits per heavy atom. The monoisotopic (exact) mass is 312 g/mol. The zero-order chi connectivity index (χ0) is 16.1. The van der Waals surface area contributed by atoms with Crippen LogP contribution < -0.4 is 0 Å². The van der Waals surface area contributed by atoms with Crippen molar-refractivity contribution in [3.8, 4) is 0 Å². The van der Waals surface area contributed by atoms with Crippen molar-refractivity contribution >= 4 is 5.91 Å². The van der Waals surface area contributed by atoms with Crippen molar-refractivity contribution in [1.29, 1.82) is 0 Å². The highest BCUT2D eigenvalue weighted by molar-refractivity contribution is 5.76. The Bertz CT molecular complexity index is 611. The summed E-state index contributed by atoms with van der Waals surface area (Å²) in [4.78, 5) is 16.8. The van der Waals surface area contributed by atoms with Crippen molar-refractivity contribution in [2.24, 2.45) is 0 Å². The quantitative estimate of drug-likeness (QED) is 0.848. The van der Waals surface area contributed by atoms with Gasteiger partial charge in [0, 0.05) is 38.6 Å². The van der Waals surface area contributed by atoms with Crippen molar-refractivity contribution in [2.75, 3.05) is 20.1 Å². The molecule has 2 heterocycles. The summed E-state index contributed by atoms with van der Waals surface area (Å²) in [5, 5.41) is 4.11. The van der Waals surface area contributed by atoms with Gasteiger partial charge >= 0.3 is 0 Å². The first-order valence-corrected chi connectivity index (χ1v) is 8.22. The molecule has 23 heavy (non-hydrogen) atoms. The van der Waals surface area contributed by atoms with Gasteiger partial charge in [-0.3, -0.25) is 14.4 Å². The summed E-state index contributed by atoms with van der Waals surface area (Å²) in [6, 6.07) is 12.7. The fourth-order valence-electron chi connectivity index (χ4n) is 3.18. The Balaban J connectivity index is 1.56. The SMILES string of the molecule is CN(C(=O)Cn1cccn1)C1CCCN(Cc2ccccc2)C1. The fraction of sp³-hybridized carbons (Fsp3) is 0.444. The van der Waals surface area contributed by atoms with Crippen molar-refractivity contribution in [1.82, 2.24) is 19.6 Å². The standard InChI is InChI=1S/C18H24N4O/c1-20(18(23)15-22-12-6-10-19-22)17-9-5-11-21(14-17)13-16-7-3-2-4-8-16/h2-4,6-8,10,12,17H,5,9,11,13-15H2,1H3. The molecule has 5 nitrogen and oxygen atoms in total. The van der Waals surface area contributed by atoms with Gasteiger partial charge in [0.25, 0.3) is 0 Å². The molecule has 0 spiro atoms. The van der Waals surface area contributed by atoms with Crippen LogP contribution in [0.15, 0.2) is 48.8 Å². The molecule has 1 amide bonds. The summed E-state index contributed by atoms with van der Waals surface area (Å²) in [6.45, 7) is 3.32. The third kappa shape index (κ3) is 4.20. The topological polar surface area (TPSA) is 41.4 Å². The minimum atomic E-state index is 0.125. The highest BCUT2D eigenvalue weighted by atomic mass is 16.2. The van der Waals surface area contributed by atoms with Crippen molar-refractivity contribution in [3.05, 3.63) is 54.4 Å². The lowest BCUT2D eigenvalue weighted by atomic mass is 10.0. The first kappa shape index (κ1) is 15.7. The number of aromatic nitrogens is 2. The molecule has 0 N–H and O–H groups in total. The number of likely N-dealkylation sites (N-methyl/N-ethyl adjacent to an activating group) is 1. The van der Waals surface area contributed by atoms with Crippen LogP contribution in [-0.2, 0) is 17.9 Å². The number of hydrogen-bond donors (Lipinski definition) is 0. The van der Waals surface area contributed by atoms with E-state index in [0.29, 0.717) is 6.54 Å². The van der Waals surface area contributed by atoms with E-state index < -0.39 is 0 Å². The van der Waals surface area contributed by atoms with Crippen LogP contribution in [0.2, 0.25) is 0 Å². The van der Waals surface area contributed by atoms with Gasteiger partial charge in [0.1, 0.15) is 6.54 Å². The molecule has 0 radical (unpaired) electrons. The highest BCUT2D eigenvalue weighted by Crippen LogP contribution is 2.17. The molecule has 1 aromatic carbocycles. The molecule has 1 saturated heterocycles. The number of amides is 1. The van der Waals surface area contributed by atoms with Crippen LogP contribution in [0, 0.1) is 0 Å². The van der Waals surface area contributed by atoms with Gasteiger partial charge < -0.3 is 4.90 Å². The molecule has 1 atom stereocenters. The van der Waals surface area contributed by atoms with E-state index >= 15 is 0 Å². The van der Waals surface area contributed by atoms with Crippen molar-refractivity contribution in [2.45, 2.75) is 32.0 Å². The van der Waals surface area contributed by atoms with Crippen molar-refractivity contribution < 1.29 is 4.79 Å². The Hall–Kier alpha value is -2.14. The summed E-state index contributed by atoms with van der Waals surface area (Å²) >= 11 is 0. The molecule has 0 saturated carbocycles. The lowest BCUT2D eigenvalue weighted by Crippen LogP contribution is -2.49. The van der Waals surface area contributed by atoms with Gasteiger partial charge in [-0.05, 0) is 31.0 Å². The van der Waals surface area contributed by atoms with Gasteiger partial charge in [-0.15, -0.1) is 0 Å². The summed E-state index contributed by atoms with van der Waals surface area (Å²) in [5.41, 5.74) is 1.33. The molecule has 3 rings (SSSR count). The lowest BCUT2D eigenvalue weighted by Gasteiger charge is -2.37. The van der Waals surface area contributed by atoms with E-state index in [1.807, 2.05) is 30.3 Å². The first-order chi connectivity index (χ1) is 11.2. The van der Waals surface area contributed by atoms with Crippen LogP contribution in [0.1, 0.15) is 18.4 Å². The van der Waals surface area contributed by atoms with Gasteiger partial charge in [0.2, 0.25) is 5.91 Å². The number of carbonyl (C=O) groups excluding carboxylic acids is 1. The van der Waals surface area contributed by atoms with E-state index in [4.69, 9.17) is 0 Å². The van der Waals surface area contributed by atoms with Gasteiger partial charge in [-0.25, -0.2) is 0 Å². The average Bonchev–Trinajstić information content (AvgIpc) is 3.08. The molecular weight excluding hydrogens is 288 g/mol. The Morgan fingerprint density at radius 3 is 2.87 bits per heavy atom. The van der Waals surface area contributed by atoms with E-state index in [-0.39, 0.29) is 11.9 Å². The second kappa shape index (κ2) is 7.42. The largest absolute Gasteiger partial charge is 0.340 e. The molecule has 1 aromatic heterocycles. The minimum absolute atomic E-state index is 0.125. The van der Waals surface area contributed by atoms with E-state index in [1.54, 1.807) is 10.9 Å². The van der Waals surface area contributed by atoms with E-state index in [0.717, 1.165) is 32.5 Å². The molecule has 1 aliphatic rings. The summed E-state index contributed by atoms with van der Waals surface area (Å²) in [7, 11) is 1.92. The number of hydrogen-bond acceptors (Lipinski definition) is 3. The van der Waals surface area contributed by atoms with E-state index in [2.05, 4.69) is 34.3 Å². The lowest BCUT2D eigenvalue weighted by molar-refractivity contribution is -0.133. The predicted molar refractivity (Wildman–Crippen MR) is 89.7 cm³/mol. The van der Waals surface area contributed by atoms with Crippen LogP contribution >= 0.6 is 0 Å². The third-order valence-electron chi connectivity index (χ3n) is 4.53. The maximum absolute atomic E-state index is 12.4. The van der Waals surface area contributed by atoms with Gasteiger partial charge in [-0.1, -0.05) is 30.3 Å². The first-order valence-electron chi connectivity index (χ1n) is 8.22. The number of nitrogens with zero attached hydrogens (tertiary/aromatic N) is 4. The fourth-order valence-corrected chi connectivity index (χ4v) is 3.18. The van der Waals surface area contributed by atoms with Crippen molar-refractivity contribution in [3.63, 3.8) is 0 Å². The molecule has 2 aromatic rings. The van der Waals surface area contributed by atoms with Crippen LogP contribution in [0.4, 0.5) is 0 Å². The molecule has 122 valence electrons. The summed E-state index contributed by atoms with van der Waals surface area (Å²) in [5.74, 6) is 0.125. The Labute approximate surface area is 137 Å².